The van der Waals surface area contributed by atoms with Crippen LogP contribution in [0, 0.1) is 11.3 Å². The van der Waals surface area contributed by atoms with Crippen molar-refractivity contribution in [2.75, 3.05) is 6.61 Å². The van der Waals surface area contributed by atoms with Gasteiger partial charge < -0.3 is 5.11 Å². The molecule has 0 atom stereocenters. The zero-order valence-corrected chi connectivity index (χ0v) is 7.62. The molecule has 2 nitrogen and oxygen atoms in total. The quantitative estimate of drug-likeness (QED) is 0.783. The second-order valence-electron chi connectivity index (χ2n) is 2.44. The molecular formula is C10H8ClNO. The molecule has 3 heteroatoms. The topological polar surface area (TPSA) is 44.0 Å². The highest BCUT2D eigenvalue weighted by atomic mass is 35.5. The van der Waals surface area contributed by atoms with E-state index in [0.717, 1.165) is 5.56 Å². The molecule has 0 aliphatic carbocycles. The summed E-state index contributed by atoms with van der Waals surface area (Å²) in [6.45, 7) is -0.00236. The summed E-state index contributed by atoms with van der Waals surface area (Å²) >= 11 is 5.79. The maximum Gasteiger partial charge on any atom is 0.101 e. The number of rotatable bonds is 2. The summed E-state index contributed by atoms with van der Waals surface area (Å²) in [5, 5.41) is 17.6. The van der Waals surface area contributed by atoms with Crippen LogP contribution in [0.4, 0.5) is 0 Å². The van der Waals surface area contributed by atoms with Gasteiger partial charge in [0.1, 0.15) is 6.07 Å². The molecule has 66 valence electrons. The van der Waals surface area contributed by atoms with E-state index in [1.54, 1.807) is 30.4 Å². The van der Waals surface area contributed by atoms with Gasteiger partial charge in [0.05, 0.1) is 17.2 Å². The second-order valence-corrected chi connectivity index (χ2v) is 2.84. The highest BCUT2D eigenvalue weighted by Gasteiger charge is 1.97. The third-order valence-corrected chi connectivity index (χ3v) is 1.84. The first-order valence-electron chi connectivity index (χ1n) is 3.75. The number of nitriles is 1. The molecular weight excluding hydrogens is 186 g/mol. The normalized spacial score (nSPS) is 10.2. The summed E-state index contributed by atoms with van der Waals surface area (Å²) in [5.41, 5.74) is 1.33. The molecule has 0 unspecified atom stereocenters. The van der Waals surface area contributed by atoms with E-state index in [0.29, 0.717) is 10.6 Å². The second kappa shape index (κ2) is 4.66. The Kier molecular flexibility index (Phi) is 3.51. The number of halogens is 1. The van der Waals surface area contributed by atoms with Crippen molar-refractivity contribution in [3.05, 3.63) is 40.4 Å². The molecule has 0 spiro atoms. The van der Waals surface area contributed by atoms with Crippen LogP contribution in [-0.2, 0) is 0 Å². The molecule has 0 aromatic heterocycles. The van der Waals surface area contributed by atoms with Gasteiger partial charge in [-0.05, 0) is 17.7 Å². The maximum absolute atomic E-state index is 8.59. The highest BCUT2D eigenvalue weighted by Crippen LogP contribution is 2.17. The summed E-state index contributed by atoms with van der Waals surface area (Å²) < 4.78 is 0. The van der Waals surface area contributed by atoms with Crippen LogP contribution in [-0.4, -0.2) is 11.7 Å². The monoisotopic (exact) mass is 193 g/mol. The average Bonchev–Trinajstić information content (AvgIpc) is 2.15. The highest BCUT2D eigenvalue weighted by molar-refractivity contribution is 6.31. The Morgan fingerprint density at radius 3 is 2.85 bits per heavy atom. The van der Waals surface area contributed by atoms with Crippen LogP contribution in [0.3, 0.4) is 0 Å². The summed E-state index contributed by atoms with van der Waals surface area (Å²) in [7, 11) is 0. The van der Waals surface area contributed by atoms with E-state index in [9.17, 15) is 0 Å². The van der Waals surface area contributed by atoms with Gasteiger partial charge in [0.15, 0.2) is 0 Å². The Morgan fingerprint density at radius 1 is 1.54 bits per heavy atom. The number of hydrogen-bond donors (Lipinski definition) is 1. The third kappa shape index (κ3) is 2.59. The van der Waals surface area contributed by atoms with Crippen molar-refractivity contribution in [2.45, 2.75) is 0 Å². The van der Waals surface area contributed by atoms with Crippen molar-refractivity contribution in [1.82, 2.24) is 0 Å². The number of hydrogen-bond acceptors (Lipinski definition) is 2. The van der Waals surface area contributed by atoms with Gasteiger partial charge in [-0.3, -0.25) is 0 Å². The van der Waals surface area contributed by atoms with E-state index >= 15 is 0 Å². The van der Waals surface area contributed by atoms with Crippen LogP contribution in [0.1, 0.15) is 11.1 Å². The minimum atomic E-state index is -0.00236. The molecule has 0 aliphatic heterocycles. The molecule has 0 aliphatic rings. The fourth-order valence-electron chi connectivity index (χ4n) is 0.914. The number of aliphatic hydroxyl groups is 1. The van der Waals surface area contributed by atoms with Crippen LogP contribution in [0.15, 0.2) is 24.3 Å². The Morgan fingerprint density at radius 2 is 2.31 bits per heavy atom. The van der Waals surface area contributed by atoms with Gasteiger partial charge >= 0.3 is 0 Å². The predicted octanol–water partition coefficient (Wildman–Crippen LogP) is 2.22. The predicted molar refractivity (Wildman–Crippen MR) is 52.3 cm³/mol. The zero-order valence-electron chi connectivity index (χ0n) is 6.87. The summed E-state index contributed by atoms with van der Waals surface area (Å²) in [6, 6.07) is 7.09. The summed E-state index contributed by atoms with van der Waals surface area (Å²) in [6.07, 6.45) is 3.35. The number of aliphatic hydroxyl groups excluding tert-OH is 1. The number of nitrogens with zero attached hydrogens (tertiary/aromatic N) is 1. The Hall–Kier alpha value is -1.30. The molecule has 0 saturated carbocycles. The van der Waals surface area contributed by atoms with Crippen molar-refractivity contribution in [2.24, 2.45) is 0 Å². The van der Waals surface area contributed by atoms with Crippen LogP contribution in [0.25, 0.3) is 6.08 Å². The minimum absolute atomic E-state index is 0.00236. The molecule has 1 rings (SSSR count). The van der Waals surface area contributed by atoms with Gasteiger partial charge in [0.25, 0.3) is 0 Å². The van der Waals surface area contributed by atoms with E-state index in [-0.39, 0.29) is 6.61 Å². The van der Waals surface area contributed by atoms with Crippen LogP contribution >= 0.6 is 11.6 Å². The van der Waals surface area contributed by atoms with Crippen molar-refractivity contribution < 1.29 is 5.11 Å². The first kappa shape index (κ1) is 9.79. The molecule has 1 N–H and O–H groups in total. The lowest BCUT2D eigenvalue weighted by molar-refractivity contribution is 0.343. The molecule has 0 amide bonds. The van der Waals surface area contributed by atoms with E-state index in [1.807, 2.05) is 6.07 Å². The maximum atomic E-state index is 8.59. The first-order valence-corrected chi connectivity index (χ1v) is 4.13. The summed E-state index contributed by atoms with van der Waals surface area (Å²) in [4.78, 5) is 0. The van der Waals surface area contributed by atoms with E-state index in [2.05, 4.69) is 0 Å². The fraction of sp³-hybridized carbons (Fsp3) is 0.100. The van der Waals surface area contributed by atoms with Crippen molar-refractivity contribution in [3.63, 3.8) is 0 Å². The van der Waals surface area contributed by atoms with Crippen molar-refractivity contribution in [3.8, 4) is 6.07 Å². The molecule has 0 heterocycles. The molecule has 0 radical (unpaired) electrons. The largest absolute Gasteiger partial charge is 0.392 e. The standard InChI is InChI=1S/C10H8ClNO/c11-10-6-8(2-1-5-13)3-4-9(10)7-12/h1-4,6,13H,5H2. The Balaban J connectivity index is 2.97. The molecule has 1 aromatic carbocycles. The number of benzene rings is 1. The lowest BCUT2D eigenvalue weighted by atomic mass is 10.1. The fourth-order valence-corrected chi connectivity index (χ4v) is 1.15. The van der Waals surface area contributed by atoms with Gasteiger partial charge in [-0.15, -0.1) is 0 Å². The van der Waals surface area contributed by atoms with Gasteiger partial charge in [-0.2, -0.15) is 5.26 Å². The molecule has 0 bridgehead atoms. The zero-order chi connectivity index (χ0) is 9.68. The lowest BCUT2D eigenvalue weighted by Gasteiger charge is -1.96. The first-order chi connectivity index (χ1) is 6.27. The smallest absolute Gasteiger partial charge is 0.101 e. The van der Waals surface area contributed by atoms with Gasteiger partial charge in [0.2, 0.25) is 0 Å². The molecule has 13 heavy (non-hydrogen) atoms. The SMILES string of the molecule is N#Cc1ccc(C=CCO)cc1Cl. The van der Waals surface area contributed by atoms with Gasteiger partial charge in [0, 0.05) is 0 Å². The van der Waals surface area contributed by atoms with Crippen LogP contribution < -0.4 is 0 Å². The molecule has 1 aromatic rings. The van der Waals surface area contributed by atoms with Crippen LogP contribution in [0.5, 0.6) is 0 Å². The van der Waals surface area contributed by atoms with E-state index in [1.165, 1.54) is 0 Å². The van der Waals surface area contributed by atoms with Crippen LogP contribution in [0.2, 0.25) is 5.02 Å². The van der Waals surface area contributed by atoms with Gasteiger partial charge in [-0.25, -0.2) is 0 Å². The average molecular weight is 194 g/mol. The lowest BCUT2D eigenvalue weighted by Crippen LogP contribution is -1.79. The summed E-state index contributed by atoms with van der Waals surface area (Å²) in [5.74, 6) is 0. The molecule has 0 fully saturated rings. The minimum Gasteiger partial charge on any atom is -0.392 e. The molecule has 0 saturated heterocycles. The van der Waals surface area contributed by atoms with Gasteiger partial charge in [-0.1, -0.05) is 29.8 Å². The van der Waals surface area contributed by atoms with Crippen molar-refractivity contribution >= 4 is 17.7 Å². The van der Waals surface area contributed by atoms with E-state index < -0.39 is 0 Å². The Labute approximate surface area is 81.7 Å². The third-order valence-electron chi connectivity index (χ3n) is 1.53. The van der Waals surface area contributed by atoms with E-state index in [4.69, 9.17) is 22.0 Å². The Bertz CT molecular complexity index is 366. The van der Waals surface area contributed by atoms with Crippen molar-refractivity contribution in [1.29, 1.82) is 5.26 Å².